The maximum atomic E-state index is 10.7. The third-order valence-electron chi connectivity index (χ3n) is 5.16. The number of nitrogens with one attached hydrogen (secondary N) is 2. The number of benzene rings is 1. The summed E-state index contributed by atoms with van der Waals surface area (Å²) in [5.74, 6) is 0. The summed E-state index contributed by atoms with van der Waals surface area (Å²) in [6.07, 6.45) is 11.7. The second-order valence-electron chi connectivity index (χ2n) is 7.66. The van der Waals surface area contributed by atoms with Crippen LogP contribution in [0.3, 0.4) is 0 Å². The highest BCUT2D eigenvalue weighted by Crippen LogP contribution is 2.20. The van der Waals surface area contributed by atoms with Gasteiger partial charge in [-0.1, -0.05) is 64.7 Å². The fourth-order valence-corrected chi connectivity index (χ4v) is 3.54. The van der Waals surface area contributed by atoms with Crippen LogP contribution in [-0.4, -0.2) is 39.4 Å². The second-order valence-corrected chi connectivity index (χ2v) is 8.07. The Morgan fingerprint density at radius 2 is 1.57 bits per heavy atom. The lowest BCUT2D eigenvalue weighted by atomic mass is 10.0. The number of rotatable bonds is 16. The van der Waals surface area contributed by atoms with Crippen molar-refractivity contribution < 1.29 is 15.1 Å². The lowest BCUT2D eigenvalue weighted by Crippen LogP contribution is -2.46. The first-order valence-corrected chi connectivity index (χ1v) is 11.5. The molecule has 1 rings (SSSR count). The maximum Gasteiger partial charge on any atom is 0.269 e. The van der Waals surface area contributed by atoms with Crippen LogP contribution in [0, 0.1) is 10.1 Å². The Bertz CT molecular complexity index is 613. The Balaban J connectivity index is 2.20. The van der Waals surface area contributed by atoms with E-state index in [-0.39, 0.29) is 12.3 Å². The molecule has 1 aromatic carbocycles. The van der Waals surface area contributed by atoms with Crippen LogP contribution < -0.4 is 10.6 Å². The molecule has 0 fully saturated rings. The molecular formula is C22H37N3O4S. The molecule has 0 radical (unpaired) electrons. The minimum atomic E-state index is -1.03. The summed E-state index contributed by atoms with van der Waals surface area (Å²) in [4.78, 5) is 10.2. The second kappa shape index (κ2) is 16.0. The Hall–Kier alpha value is -1.77. The van der Waals surface area contributed by atoms with Crippen LogP contribution in [0.5, 0.6) is 0 Å². The third kappa shape index (κ3) is 10.8. The van der Waals surface area contributed by atoms with Gasteiger partial charge in [0, 0.05) is 18.7 Å². The van der Waals surface area contributed by atoms with Gasteiger partial charge in [-0.25, -0.2) is 0 Å². The zero-order chi connectivity index (χ0) is 22.2. The average molecular weight is 440 g/mol. The van der Waals surface area contributed by atoms with Crippen LogP contribution in [0.1, 0.15) is 82.8 Å². The molecule has 0 bridgehead atoms. The van der Waals surface area contributed by atoms with Gasteiger partial charge in [0.25, 0.3) is 5.69 Å². The number of hydrogen-bond acceptors (Lipinski definition) is 5. The van der Waals surface area contributed by atoms with Crippen molar-refractivity contribution in [2.24, 2.45) is 0 Å². The van der Waals surface area contributed by atoms with E-state index < -0.39 is 17.1 Å². The maximum absolute atomic E-state index is 10.7. The molecule has 0 aliphatic heterocycles. The Kier molecular flexibility index (Phi) is 14.0. The van der Waals surface area contributed by atoms with Crippen LogP contribution in [0.25, 0.3) is 0 Å². The summed E-state index contributed by atoms with van der Waals surface area (Å²) in [5.41, 5.74) is 0.429. The van der Waals surface area contributed by atoms with Crippen molar-refractivity contribution in [3.63, 3.8) is 0 Å². The Morgan fingerprint density at radius 1 is 1.03 bits per heavy atom. The molecule has 2 unspecified atom stereocenters. The molecule has 0 aliphatic carbocycles. The topological polar surface area (TPSA) is 108 Å². The number of nitro benzene ring substituents is 1. The molecule has 4 N–H and O–H groups in total. The predicted octanol–water partition coefficient (Wildman–Crippen LogP) is 4.37. The van der Waals surface area contributed by atoms with Gasteiger partial charge in [0.2, 0.25) is 0 Å². The quantitative estimate of drug-likeness (QED) is 0.131. The molecule has 0 saturated carbocycles. The van der Waals surface area contributed by atoms with Crippen LogP contribution in [0.15, 0.2) is 24.3 Å². The van der Waals surface area contributed by atoms with E-state index in [1.54, 1.807) is 0 Å². The summed E-state index contributed by atoms with van der Waals surface area (Å²) >= 11 is 5.26. The summed E-state index contributed by atoms with van der Waals surface area (Å²) in [5, 5.41) is 37.2. The summed E-state index contributed by atoms with van der Waals surface area (Å²) in [6.45, 7) is 2.66. The molecule has 8 heteroatoms. The van der Waals surface area contributed by atoms with Crippen LogP contribution in [-0.2, 0) is 0 Å². The van der Waals surface area contributed by atoms with Crippen LogP contribution in [0.2, 0.25) is 0 Å². The van der Waals surface area contributed by atoms with Crippen molar-refractivity contribution in [1.82, 2.24) is 10.6 Å². The standard InChI is InChI=1S/C22H37N3O4S/c1-2-3-4-5-6-7-8-9-10-11-16-23-22(30)24-20(17-26)21(27)18-12-14-19(15-13-18)25(28)29/h12-15,20-21,26-27H,2-11,16-17H2,1H3,(H2,23,24,30). The molecule has 0 heterocycles. The molecule has 0 saturated heterocycles. The van der Waals surface area contributed by atoms with Gasteiger partial charge in [-0.2, -0.15) is 0 Å². The van der Waals surface area contributed by atoms with E-state index in [1.807, 2.05) is 0 Å². The molecule has 30 heavy (non-hydrogen) atoms. The first-order chi connectivity index (χ1) is 14.5. The van der Waals surface area contributed by atoms with Crippen LogP contribution >= 0.6 is 12.2 Å². The molecular weight excluding hydrogens is 402 g/mol. The number of non-ortho nitro benzene ring substituents is 1. The number of hydrogen-bond donors (Lipinski definition) is 4. The number of unbranched alkanes of at least 4 members (excludes halogenated alkanes) is 9. The smallest absolute Gasteiger partial charge is 0.269 e. The van der Waals surface area contributed by atoms with Crippen molar-refractivity contribution in [3.05, 3.63) is 39.9 Å². The highest BCUT2D eigenvalue weighted by atomic mass is 32.1. The summed E-state index contributed by atoms with van der Waals surface area (Å²) in [6, 6.07) is 4.92. The average Bonchev–Trinajstić information content (AvgIpc) is 2.75. The normalized spacial score (nSPS) is 12.9. The molecule has 7 nitrogen and oxygen atoms in total. The van der Waals surface area contributed by atoms with Gasteiger partial charge >= 0.3 is 0 Å². The minimum absolute atomic E-state index is 0.0480. The van der Waals surface area contributed by atoms with E-state index >= 15 is 0 Å². The lowest BCUT2D eigenvalue weighted by molar-refractivity contribution is -0.384. The van der Waals surface area contributed by atoms with Crippen LogP contribution in [0.4, 0.5) is 5.69 Å². The van der Waals surface area contributed by atoms with Crippen molar-refractivity contribution in [2.45, 2.75) is 83.3 Å². The zero-order valence-corrected chi connectivity index (χ0v) is 18.8. The molecule has 2 atom stereocenters. The molecule has 170 valence electrons. The van der Waals surface area contributed by atoms with E-state index in [0.29, 0.717) is 10.7 Å². The first kappa shape index (κ1) is 26.3. The number of nitrogens with zero attached hydrogens (tertiary/aromatic N) is 1. The van der Waals surface area contributed by atoms with E-state index in [1.165, 1.54) is 75.6 Å². The summed E-state index contributed by atoms with van der Waals surface area (Å²) < 4.78 is 0. The monoisotopic (exact) mass is 439 g/mol. The van der Waals surface area contributed by atoms with E-state index in [0.717, 1.165) is 19.4 Å². The van der Waals surface area contributed by atoms with E-state index in [2.05, 4.69) is 17.6 Å². The number of aliphatic hydroxyl groups is 2. The first-order valence-electron chi connectivity index (χ1n) is 11.1. The molecule has 0 aliphatic rings. The van der Waals surface area contributed by atoms with Gasteiger partial charge in [0.1, 0.15) is 6.10 Å². The number of nitro groups is 1. The van der Waals surface area contributed by atoms with E-state index in [9.17, 15) is 20.3 Å². The van der Waals surface area contributed by atoms with E-state index in [4.69, 9.17) is 12.2 Å². The molecule has 0 spiro atoms. The minimum Gasteiger partial charge on any atom is -0.394 e. The van der Waals surface area contributed by atoms with Crippen molar-refractivity contribution in [1.29, 1.82) is 0 Å². The zero-order valence-electron chi connectivity index (χ0n) is 18.0. The van der Waals surface area contributed by atoms with Gasteiger partial charge in [-0.3, -0.25) is 10.1 Å². The number of thiocarbonyl (C=S) groups is 1. The van der Waals surface area contributed by atoms with Gasteiger partial charge in [0.15, 0.2) is 5.11 Å². The van der Waals surface area contributed by atoms with Gasteiger partial charge in [-0.05, 0) is 36.3 Å². The Labute approximate surface area is 185 Å². The van der Waals surface area contributed by atoms with Crippen molar-refractivity contribution in [3.8, 4) is 0 Å². The van der Waals surface area contributed by atoms with Gasteiger partial charge in [0.05, 0.1) is 17.6 Å². The Morgan fingerprint density at radius 3 is 2.07 bits per heavy atom. The van der Waals surface area contributed by atoms with Gasteiger partial charge in [-0.15, -0.1) is 0 Å². The highest BCUT2D eigenvalue weighted by Gasteiger charge is 2.21. The summed E-state index contributed by atoms with van der Waals surface area (Å²) in [7, 11) is 0. The fourth-order valence-electron chi connectivity index (χ4n) is 3.28. The molecule has 0 amide bonds. The fraction of sp³-hybridized carbons (Fsp3) is 0.682. The SMILES string of the molecule is CCCCCCCCCCCCNC(=S)NC(CO)C(O)c1ccc([N+](=O)[O-])cc1. The number of aliphatic hydroxyl groups excluding tert-OH is 2. The lowest BCUT2D eigenvalue weighted by Gasteiger charge is -2.24. The highest BCUT2D eigenvalue weighted by molar-refractivity contribution is 7.80. The van der Waals surface area contributed by atoms with Crippen molar-refractivity contribution >= 4 is 23.0 Å². The third-order valence-corrected chi connectivity index (χ3v) is 5.42. The largest absolute Gasteiger partial charge is 0.394 e. The predicted molar refractivity (Wildman–Crippen MR) is 125 cm³/mol. The van der Waals surface area contributed by atoms with Crippen molar-refractivity contribution in [2.75, 3.05) is 13.2 Å². The van der Waals surface area contributed by atoms with Gasteiger partial charge < -0.3 is 20.8 Å². The molecule has 1 aromatic rings. The molecule has 0 aromatic heterocycles.